The zero-order chi connectivity index (χ0) is 33.5. The van der Waals surface area contributed by atoms with Gasteiger partial charge in [0.2, 0.25) is 22.8 Å². The van der Waals surface area contributed by atoms with Crippen molar-refractivity contribution in [2.75, 3.05) is 37.6 Å². The standard InChI is InChI=1S/C35H36ClF2N5O4/c1-22(44)28-20-42(30-12-11-26(18-27(28)30)41-15-13-40(14-16-41)23(2)45)21-33(46)43-19-25(37)17-31(43)34(47)39-32-10-6-9-29(35(32,36)38)24-7-4-3-5-8-24/h3-12,18,20,25,31-32H,13-17,19,21H2,1-2H3,(H,39,47)/t25-,31+,32?,35?/m1/s1. The lowest BCUT2D eigenvalue weighted by atomic mass is 9.91. The molecule has 3 amide bonds. The summed E-state index contributed by atoms with van der Waals surface area (Å²) in [4.78, 5) is 56.6. The van der Waals surface area contributed by atoms with Crippen LogP contribution in [-0.4, -0.2) is 94.0 Å². The van der Waals surface area contributed by atoms with Gasteiger partial charge in [0.1, 0.15) is 24.8 Å². The summed E-state index contributed by atoms with van der Waals surface area (Å²) in [6.45, 7) is 4.98. The van der Waals surface area contributed by atoms with Gasteiger partial charge in [-0.25, -0.2) is 8.78 Å². The van der Waals surface area contributed by atoms with Crippen LogP contribution < -0.4 is 10.2 Å². The van der Waals surface area contributed by atoms with Gasteiger partial charge in [0.15, 0.2) is 5.78 Å². The van der Waals surface area contributed by atoms with Crippen LogP contribution in [0, 0.1) is 0 Å². The van der Waals surface area contributed by atoms with Crippen molar-refractivity contribution >= 4 is 57.3 Å². The Morgan fingerprint density at radius 3 is 2.43 bits per heavy atom. The number of carbonyl (C=O) groups is 4. The Bertz CT molecular complexity index is 1780. The monoisotopic (exact) mass is 663 g/mol. The van der Waals surface area contributed by atoms with E-state index in [0.29, 0.717) is 48.2 Å². The number of rotatable bonds is 7. The molecule has 0 radical (unpaired) electrons. The number of hydrogen-bond acceptors (Lipinski definition) is 5. The van der Waals surface area contributed by atoms with Crippen molar-refractivity contribution in [3.8, 4) is 0 Å². The number of piperazine rings is 1. The zero-order valence-electron chi connectivity index (χ0n) is 26.2. The molecule has 9 nitrogen and oxygen atoms in total. The highest BCUT2D eigenvalue weighted by atomic mass is 35.5. The van der Waals surface area contributed by atoms with Crippen LogP contribution >= 0.6 is 11.6 Å². The lowest BCUT2D eigenvalue weighted by molar-refractivity contribution is -0.139. The lowest BCUT2D eigenvalue weighted by Crippen LogP contribution is -2.54. The van der Waals surface area contributed by atoms with E-state index in [1.54, 1.807) is 65.1 Å². The Morgan fingerprint density at radius 2 is 1.74 bits per heavy atom. The number of hydrogen-bond donors (Lipinski definition) is 1. The zero-order valence-corrected chi connectivity index (χ0v) is 26.9. The second-order valence-corrected chi connectivity index (χ2v) is 12.8. The predicted molar refractivity (Wildman–Crippen MR) is 177 cm³/mol. The van der Waals surface area contributed by atoms with Crippen molar-refractivity contribution in [2.45, 2.75) is 50.2 Å². The molecule has 0 bridgehead atoms. The summed E-state index contributed by atoms with van der Waals surface area (Å²) in [5, 5.41) is 0.802. The van der Waals surface area contributed by atoms with Gasteiger partial charge in [0.25, 0.3) is 0 Å². The Hall–Kier alpha value is -4.51. The topological polar surface area (TPSA) is 95.0 Å². The number of amides is 3. The van der Waals surface area contributed by atoms with Gasteiger partial charge in [-0.05, 0) is 30.7 Å². The van der Waals surface area contributed by atoms with E-state index in [0.717, 1.165) is 5.69 Å². The molecule has 0 spiro atoms. The molecule has 3 aliphatic rings. The van der Waals surface area contributed by atoms with Crippen molar-refractivity contribution in [1.82, 2.24) is 19.7 Å². The number of aromatic nitrogens is 1. The summed E-state index contributed by atoms with van der Waals surface area (Å²) < 4.78 is 32.4. The summed E-state index contributed by atoms with van der Waals surface area (Å²) in [7, 11) is 0. The van der Waals surface area contributed by atoms with E-state index in [1.807, 2.05) is 18.2 Å². The first-order chi connectivity index (χ1) is 22.4. The van der Waals surface area contributed by atoms with Gasteiger partial charge in [-0.15, -0.1) is 0 Å². The third-order valence-corrected chi connectivity index (χ3v) is 9.65. The van der Waals surface area contributed by atoms with E-state index < -0.39 is 35.2 Å². The summed E-state index contributed by atoms with van der Waals surface area (Å²) in [6, 6.07) is 12.0. The van der Waals surface area contributed by atoms with Gasteiger partial charge in [-0.2, -0.15) is 0 Å². The van der Waals surface area contributed by atoms with Gasteiger partial charge in [0.05, 0.1) is 6.54 Å². The van der Waals surface area contributed by atoms with Crippen LogP contribution in [0.5, 0.6) is 0 Å². The number of benzene rings is 2. The molecule has 3 heterocycles. The van der Waals surface area contributed by atoms with E-state index in [9.17, 15) is 23.6 Å². The number of halogens is 3. The highest BCUT2D eigenvalue weighted by Gasteiger charge is 2.46. The number of likely N-dealkylation sites (tertiary alicyclic amines) is 1. The third-order valence-electron chi connectivity index (χ3n) is 9.21. The molecule has 2 aromatic carbocycles. The summed E-state index contributed by atoms with van der Waals surface area (Å²) in [5.74, 6) is -1.36. The quantitative estimate of drug-likeness (QED) is 0.297. The molecule has 1 N–H and O–H groups in total. The molecule has 6 rings (SSSR count). The second kappa shape index (κ2) is 12.9. The number of allylic oxidation sites excluding steroid dienone is 2. The smallest absolute Gasteiger partial charge is 0.243 e. The maximum Gasteiger partial charge on any atom is 0.243 e. The number of alkyl halides is 3. The molecule has 2 aliphatic heterocycles. The van der Waals surface area contributed by atoms with Crippen LogP contribution in [0.4, 0.5) is 14.5 Å². The number of fused-ring (bicyclic) bond motifs is 1. The molecular weight excluding hydrogens is 628 g/mol. The van der Waals surface area contributed by atoms with Gasteiger partial charge >= 0.3 is 0 Å². The molecule has 2 unspecified atom stereocenters. The summed E-state index contributed by atoms with van der Waals surface area (Å²) in [6.07, 6.45) is 4.51. The number of ketones is 1. The first-order valence-corrected chi connectivity index (χ1v) is 16.0. The number of Topliss-reactive ketones (excluding diaryl/α,β-unsaturated/α-hetero) is 1. The fraction of sp³-hybridized carbons (Fsp3) is 0.371. The van der Waals surface area contributed by atoms with Crippen LogP contribution in [0.2, 0.25) is 0 Å². The van der Waals surface area contributed by atoms with E-state index in [4.69, 9.17) is 11.6 Å². The second-order valence-electron chi connectivity index (χ2n) is 12.3. The van der Waals surface area contributed by atoms with Gasteiger partial charge in [-0.1, -0.05) is 60.2 Å². The van der Waals surface area contributed by atoms with Gasteiger partial charge in [-0.3, -0.25) is 19.2 Å². The third kappa shape index (κ3) is 6.41. The fourth-order valence-corrected chi connectivity index (χ4v) is 6.97. The predicted octanol–water partition coefficient (Wildman–Crippen LogP) is 4.49. The SMILES string of the molecule is CC(=O)c1cn(CC(=O)N2C[C@H](F)C[C@H]2C(=O)NC2C=CC=C(c3ccccc3)C2(F)Cl)c2ccc(N3CCN(C(C)=O)CC3)cc12. The van der Waals surface area contributed by atoms with Crippen molar-refractivity contribution in [3.63, 3.8) is 0 Å². The summed E-state index contributed by atoms with van der Waals surface area (Å²) in [5.41, 5.74) is 2.71. The van der Waals surface area contributed by atoms with E-state index >= 15 is 4.39 Å². The van der Waals surface area contributed by atoms with Crippen molar-refractivity contribution in [1.29, 1.82) is 0 Å². The molecule has 1 aromatic heterocycles. The molecule has 4 atom stereocenters. The molecule has 2 saturated heterocycles. The minimum atomic E-state index is -2.47. The maximum absolute atomic E-state index is 16.0. The Labute approximate surface area is 276 Å². The average molecular weight is 664 g/mol. The van der Waals surface area contributed by atoms with Crippen molar-refractivity contribution in [3.05, 3.63) is 84.1 Å². The fourth-order valence-electron chi connectivity index (χ4n) is 6.68. The van der Waals surface area contributed by atoms with Crippen molar-refractivity contribution < 1.29 is 28.0 Å². The Morgan fingerprint density at radius 1 is 1.02 bits per heavy atom. The largest absolute Gasteiger partial charge is 0.368 e. The molecular formula is C35H36ClF2N5O4. The molecule has 2 fully saturated rings. The highest BCUT2D eigenvalue weighted by Crippen LogP contribution is 2.41. The van der Waals surface area contributed by atoms with Gasteiger partial charge in [0, 0.05) is 73.4 Å². The van der Waals surface area contributed by atoms with Crippen LogP contribution in [0.15, 0.2) is 73.0 Å². The minimum absolute atomic E-state index is 0.0345. The van der Waals surface area contributed by atoms with Crippen LogP contribution in [0.1, 0.15) is 36.2 Å². The van der Waals surface area contributed by atoms with Crippen LogP contribution in [-0.2, 0) is 20.9 Å². The average Bonchev–Trinajstić information content (AvgIpc) is 3.62. The van der Waals surface area contributed by atoms with Crippen molar-refractivity contribution in [2.24, 2.45) is 0 Å². The minimum Gasteiger partial charge on any atom is -0.368 e. The lowest BCUT2D eigenvalue weighted by Gasteiger charge is -2.35. The number of nitrogens with one attached hydrogen (secondary N) is 1. The summed E-state index contributed by atoms with van der Waals surface area (Å²) >= 11 is 6.38. The maximum atomic E-state index is 16.0. The number of carbonyl (C=O) groups excluding carboxylic acids is 4. The Kier molecular flexibility index (Phi) is 8.93. The molecule has 47 heavy (non-hydrogen) atoms. The Balaban J connectivity index is 1.19. The molecule has 3 aromatic rings. The first kappa shape index (κ1) is 32.4. The highest BCUT2D eigenvalue weighted by molar-refractivity contribution is 6.30. The number of anilines is 1. The molecule has 1 aliphatic carbocycles. The van der Waals surface area contributed by atoms with Crippen LogP contribution in [0.25, 0.3) is 16.5 Å². The van der Waals surface area contributed by atoms with Crippen LogP contribution in [0.3, 0.4) is 0 Å². The first-order valence-electron chi connectivity index (χ1n) is 15.6. The van der Waals surface area contributed by atoms with E-state index in [2.05, 4.69) is 10.2 Å². The molecule has 246 valence electrons. The number of nitrogens with zero attached hydrogens (tertiary/aromatic N) is 4. The normalized spacial score (nSPS) is 24.4. The molecule has 12 heteroatoms. The molecule has 0 saturated carbocycles. The van der Waals surface area contributed by atoms with E-state index in [-0.39, 0.29) is 36.8 Å². The van der Waals surface area contributed by atoms with Gasteiger partial charge < -0.3 is 24.6 Å². The van der Waals surface area contributed by atoms with E-state index in [1.165, 1.54) is 17.9 Å².